The molecule has 4 nitrogen and oxygen atoms in total. The Bertz CT molecular complexity index is 295. The fraction of sp³-hybridized carbons (Fsp3) is 1.00. The summed E-state index contributed by atoms with van der Waals surface area (Å²) in [7, 11) is -3.29. The van der Waals surface area contributed by atoms with Crippen LogP contribution >= 0.6 is 0 Å². The Morgan fingerprint density at radius 2 is 1.73 bits per heavy atom. The van der Waals surface area contributed by atoms with E-state index in [1.54, 1.807) is 0 Å². The molecule has 15 heavy (non-hydrogen) atoms. The Balaban J connectivity index is 1.63. The number of sulfonamides is 1. The highest BCUT2D eigenvalue weighted by Crippen LogP contribution is 2.48. The second kappa shape index (κ2) is 4.39. The molecule has 0 aromatic rings. The van der Waals surface area contributed by atoms with E-state index in [0.29, 0.717) is 6.54 Å². The van der Waals surface area contributed by atoms with Gasteiger partial charge in [-0.05, 0) is 50.0 Å². The zero-order chi connectivity index (χ0) is 10.9. The van der Waals surface area contributed by atoms with Crippen molar-refractivity contribution >= 4 is 10.0 Å². The lowest BCUT2D eigenvalue weighted by Crippen LogP contribution is -2.31. The molecular formula is C10H20N2O2S. The third kappa shape index (κ3) is 4.09. The summed E-state index contributed by atoms with van der Waals surface area (Å²) in [6.45, 7) is 1.47. The van der Waals surface area contributed by atoms with Gasteiger partial charge < -0.3 is 5.32 Å². The lowest BCUT2D eigenvalue weighted by molar-refractivity contribution is 0.383. The summed E-state index contributed by atoms with van der Waals surface area (Å²) in [6, 6.07) is 0. The predicted octanol–water partition coefficient (Wildman–Crippen LogP) is 0.301. The second-order valence-corrected chi connectivity index (χ2v) is 6.64. The van der Waals surface area contributed by atoms with Crippen LogP contribution in [0.1, 0.15) is 25.7 Å². The molecule has 0 atom stereocenters. The van der Waals surface area contributed by atoms with Crippen LogP contribution in [0.15, 0.2) is 0 Å². The summed E-state index contributed by atoms with van der Waals surface area (Å²) in [5.74, 6) is 2.68. The van der Waals surface area contributed by atoms with Crippen LogP contribution in [-0.2, 0) is 10.0 Å². The van der Waals surface area contributed by atoms with Gasteiger partial charge >= 0.3 is 0 Å². The highest BCUT2D eigenvalue weighted by molar-refractivity contribution is 7.89. The lowest BCUT2D eigenvalue weighted by atomic mass is 9.98. The first-order chi connectivity index (χ1) is 7.06. The number of nitrogens with two attached hydrogens (primary N) is 1. The van der Waals surface area contributed by atoms with E-state index >= 15 is 0 Å². The van der Waals surface area contributed by atoms with Crippen LogP contribution in [-0.4, -0.2) is 27.3 Å². The van der Waals surface area contributed by atoms with Crippen LogP contribution in [0.25, 0.3) is 0 Å². The van der Waals surface area contributed by atoms with Crippen molar-refractivity contribution in [3.63, 3.8) is 0 Å². The minimum atomic E-state index is -3.29. The smallest absolute Gasteiger partial charge is 0.210 e. The minimum Gasteiger partial charge on any atom is -0.315 e. The standard InChI is InChI=1S/C10H20N2O2S/c11-15(13,14)6-5-12-7-10(8-1-2-8)9-3-4-9/h8-10,12H,1-7H2,(H2,11,13,14). The van der Waals surface area contributed by atoms with Crippen LogP contribution < -0.4 is 10.5 Å². The van der Waals surface area contributed by atoms with Gasteiger partial charge in [0.05, 0.1) is 5.75 Å². The average Bonchev–Trinajstić information content (AvgIpc) is 2.98. The maximum absolute atomic E-state index is 10.7. The van der Waals surface area contributed by atoms with Crippen molar-refractivity contribution in [2.75, 3.05) is 18.8 Å². The minimum absolute atomic E-state index is 0.0506. The van der Waals surface area contributed by atoms with E-state index < -0.39 is 10.0 Å². The van der Waals surface area contributed by atoms with E-state index in [1.165, 1.54) is 25.7 Å². The molecule has 0 saturated heterocycles. The van der Waals surface area contributed by atoms with Crippen molar-refractivity contribution in [2.24, 2.45) is 22.9 Å². The molecule has 88 valence electrons. The molecule has 2 fully saturated rings. The van der Waals surface area contributed by atoms with Crippen LogP contribution in [0.2, 0.25) is 0 Å². The van der Waals surface area contributed by atoms with Gasteiger partial charge in [0.15, 0.2) is 0 Å². The van der Waals surface area contributed by atoms with Gasteiger partial charge in [-0.3, -0.25) is 0 Å². The molecule has 2 saturated carbocycles. The van der Waals surface area contributed by atoms with Crippen molar-refractivity contribution < 1.29 is 8.42 Å². The molecule has 0 aromatic heterocycles. The first-order valence-corrected chi connectivity index (χ1v) is 7.49. The molecule has 0 aromatic carbocycles. The number of hydrogen-bond donors (Lipinski definition) is 2. The van der Waals surface area contributed by atoms with Gasteiger partial charge in [0.1, 0.15) is 0 Å². The van der Waals surface area contributed by atoms with Gasteiger partial charge in [0, 0.05) is 6.54 Å². The summed E-state index contributed by atoms with van der Waals surface area (Å²) < 4.78 is 21.4. The number of nitrogens with one attached hydrogen (secondary N) is 1. The Hall–Kier alpha value is -0.130. The summed E-state index contributed by atoms with van der Waals surface area (Å²) >= 11 is 0. The molecule has 2 rings (SSSR count). The van der Waals surface area contributed by atoms with Crippen molar-refractivity contribution in [1.29, 1.82) is 0 Å². The SMILES string of the molecule is NS(=O)(=O)CCNCC(C1CC1)C1CC1. The van der Waals surface area contributed by atoms with Crippen molar-refractivity contribution in [3.8, 4) is 0 Å². The Morgan fingerprint density at radius 3 is 2.13 bits per heavy atom. The van der Waals surface area contributed by atoms with Crippen LogP contribution in [0.3, 0.4) is 0 Å². The van der Waals surface area contributed by atoms with Crippen LogP contribution in [0, 0.1) is 17.8 Å². The molecule has 0 spiro atoms. The Morgan fingerprint density at radius 1 is 1.20 bits per heavy atom. The lowest BCUT2D eigenvalue weighted by Gasteiger charge is -2.15. The quantitative estimate of drug-likeness (QED) is 0.620. The maximum Gasteiger partial charge on any atom is 0.210 e. The molecule has 0 aliphatic heterocycles. The normalized spacial score (nSPS) is 22.3. The van der Waals surface area contributed by atoms with Gasteiger partial charge in [-0.1, -0.05) is 0 Å². The van der Waals surface area contributed by atoms with Gasteiger partial charge in [0.2, 0.25) is 10.0 Å². The monoisotopic (exact) mass is 232 g/mol. The molecule has 5 heteroatoms. The average molecular weight is 232 g/mol. The molecule has 2 aliphatic carbocycles. The number of primary sulfonamides is 1. The fourth-order valence-corrected chi connectivity index (χ4v) is 2.68. The molecule has 3 N–H and O–H groups in total. The Labute approximate surface area is 91.7 Å². The molecule has 0 unspecified atom stereocenters. The molecular weight excluding hydrogens is 212 g/mol. The maximum atomic E-state index is 10.7. The van der Waals surface area contributed by atoms with E-state index in [1.807, 2.05) is 0 Å². The van der Waals surface area contributed by atoms with Crippen molar-refractivity contribution in [2.45, 2.75) is 25.7 Å². The van der Waals surface area contributed by atoms with Gasteiger partial charge in [-0.2, -0.15) is 0 Å². The van der Waals surface area contributed by atoms with Crippen LogP contribution in [0.5, 0.6) is 0 Å². The van der Waals surface area contributed by atoms with Crippen molar-refractivity contribution in [3.05, 3.63) is 0 Å². The van der Waals surface area contributed by atoms with Gasteiger partial charge in [-0.15, -0.1) is 0 Å². The highest BCUT2D eigenvalue weighted by atomic mass is 32.2. The van der Waals surface area contributed by atoms with E-state index in [0.717, 1.165) is 24.3 Å². The van der Waals surface area contributed by atoms with E-state index in [4.69, 9.17) is 5.14 Å². The number of rotatable bonds is 7. The molecule has 0 amide bonds. The molecule has 0 heterocycles. The Kier molecular flexibility index (Phi) is 3.33. The first kappa shape index (κ1) is 11.4. The molecule has 0 bridgehead atoms. The van der Waals surface area contributed by atoms with E-state index in [-0.39, 0.29) is 5.75 Å². The van der Waals surface area contributed by atoms with Gasteiger partial charge in [-0.25, -0.2) is 13.6 Å². The zero-order valence-electron chi connectivity index (χ0n) is 8.98. The summed E-state index contributed by atoms with van der Waals surface area (Å²) in [6.07, 6.45) is 5.49. The first-order valence-electron chi connectivity index (χ1n) is 5.77. The predicted molar refractivity (Wildman–Crippen MR) is 59.8 cm³/mol. The third-order valence-corrected chi connectivity index (χ3v) is 4.17. The third-order valence-electron chi connectivity index (χ3n) is 3.40. The second-order valence-electron chi connectivity index (χ2n) is 4.91. The summed E-state index contributed by atoms with van der Waals surface area (Å²) in [5, 5.41) is 8.15. The van der Waals surface area contributed by atoms with Crippen LogP contribution in [0.4, 0.5) is 0 Å². The summed E-state index contributed by atoms with van der Waals surface area (Å²) in [5.41, 5.74) is 0. The largest absolute Gasteiger partial charge is 0.315 e. The van der Waals surface area contributed by atoms with E-state index in [9.17, 15) is 8.42 Å². The van der Waals surface area contributed by atoms with Crippen molar-refractivity contribution in [1.82, 2.24) is 5.32 Å². The molecule has 2 aliphatic rings. The molecule has 0 radical (unpaired) electrons. The summed E-state index contributed by atoms with van der Waals surface area (Å²) in [4.78, 5) is 0. The van der Waals surface area contributed by atoms with Gasteiger partial charge in [0.25, 0.3) is 0 Å². The highest BCUT2D eigenvalue weighted by Gasteiger charge is 2.40. The topological polar surface area (TPSA) is 72.2 Å². The fourth-order valence-electron chi connectivity index (χ4n) is 2.25. The number of hydrogen-bond acceptors (Lipinski definition) is 3. The van der Waals surface area contributed by atoms with E-state index in [2.05, 4.69) is 5.32 Å². The zero-order valence-corrected chi connectivity index (χ0v) is 9.80.